The van der Waals surface area contributed by atoms with Gasteiger partial charge in [-0.25, -0.2) is 4.79 Å². The molecule has 0 aliphatic carbocycles. The summed E-state index contributed by atoms with van der Waals surface area (Å²) >= 11 is 0. The lowest BCUT2D eigenvalue weighted by Gasteiger charge is -2.16. The van der Waals surface area contributed by atoms with Gasteiger partial charge in [0, 0.05) is 29.6 Å². The van der Waals surface area contributed by atoms with E-state index < -0.39 is 24.1 Å². The molecule has 2 rings (SSSR count). The number of aromatic nitrogens is 2. The van der Waals surface area contributed by atoms with Gasteiger partial charge in [0.1, 0.15) is 12.0 Å². The van der Waals surface area contributed by atoms with Crippen LogP contribution >= 0.6 is 0 Å². The molecule has 0 unspecified atom stereocenters. The number of nitrogens with one attached hydrogen (secondary N) is 1. The number of aliphatic hydroxyl groups excluding tert-OH is 1. The maximum atomic E-state index is 12.1. The Morgan fingerprint density at radius 1 is 1.71 bits per heavy atom. The van der Waals surface area contributed by atoms with E-state index in [0.29, 0.717) is 18.8 Å². The van der Waals surface area contributed by atoms with Crippen molar-refractivity contribution in [3.8, 4) is 0 Å². The maximum Gasteiger partial charge on any atom is 0.351 e. The maximum absolute atomic E-state index is 12.1. The molecule has 2 N–H and O–H groups in total. The number of hydrogen-bond donors (Lipinski definition) is 2. The number of aryl methyl sites for hydroxylation is 1. The van der Waals surface area contributed by atoms with E-state index in [1.54, 1.807) is 6.20 Å². The van der Waals surface area contributed by atoms with E-state index in [9.17, 15) is 9.90 Å². The highest BCUT2D eigenvalue weighted by atomic mass is 16.5. The SMILES string of the molecule is CCNc1nc(=O)n([C@H]2C[C@H](N=[N+]=[N-])[C@@H](CO)O2)cc1C. The molecule has 1 aliphatic rings. The predicted octanol–water partition coefficient (Wildman–Crippen LogP) is 0.942. The van der Waals surface area contributed by atoms with Crippen LogP contribution in [0.25, 0.3) is 10.4 Å². The van der Waals surface area contributed by atoms with Gasteiger partial charge in [-0.15, -0.1) is 0 Å². The average molecular weight is 294 g/mol. The highest BCUT2D eigenvalue weighted by molar-refractivity contribution is 5.41. The standard InChI is InChI=1S/C12H18N6O3/c1-3-14-11-7(2)5-18(12(20)15-11)10-4-8(16-17-13)9(6-19)21-10/h5,8-10,19H,3-4,6H2,1-2H3,(H,14,15,20)/t8-,9+,10+/m0/s1. The molecule has 2 heterocycles. The first-order chi connectivity index (χ1) is 10.1. The zero-order valence-electron chi connectivity index (χ0n) is 11.9. The van der Waals surface area contributed by atoms with Crippen LogP contribution in [0.1, 0.15) is 25.1 Å². The number of rotatable bonds is 5. The fourth-order valence-electron chi connectivity index (χ4n) is 2.36. The summed E-state index contributed by atoms with van der Waals surface area (Å²) in [5.41, 5.74) is 8.89. The van der Waals surface area contributed by atoms with E-state index >= 15 is 0 Å². The van der Waals surface area contributed by atoms with Gasteiger partial charge in [-0.1, -0.05) is 5.11 Å². The zero-order chi connectivity index (χ0) is 15.4. The molecule has 0 radical (unpaired) electrons. The molecule has 21 heavy (non-hydrogen) atoms. The Bertz CT molecular complexity index is 610. The number of azide groups is 1. The summed E-state index contributed by atoms with van der Waals surface area (Å²) in [5.74, 6) is 0.544. The Balaban J connectivity index is 2.29. The Kier molecular flexibility index (Phi) is 4.79. The predicted molar refractivity (Wildman–Crippen MR) is 75.9 cm³/mol. The van der Waals surface area contributed by atoms with E-state index in [-0.39, 0.29) is 6.61 Å². The van der Waals surface area contributed by atoms with Gasteiger partial charge in [-0.3, -0.25) is 4.57 Å². The second-order valence-corrected chi connectivity index (χ2v) is 4.81. The van der Waals surface area contributed by atoms with Crippen molar-refractivity contribution in [2.45, 2.75) is 38.6 Å². The molecule has 1 saturated heterocycles. The van der Waals surface area contributed by atoms with Crippen LogP contribution in [0.4, 0.5) is 5.82 Å². The molecule has 9 nitrogen and oxygen atoms in total. The van der Waals surface area contributed by atoms with Crippen LogP contribution in [0, 0.1) is 6.92 Å². The molecule has 1 fully saturated rings. The highest BCUT2D eigenvalue weighted by Crippen LogP contribution is 2.30. The number of hydrogen-bond acceptors (Lipinski definition) is 6. The van der Waals surface area contributed by atoms with Crippen LogP contribution in [0.15, 0.2) is 16.1 Å². The van der Waals surface area contributed by atoms with Gasteiger partial charge in [-0.05, 0) is 19.4 Å². The molecule has 0 amide bonds. The quantitative estimate of drug-likeness (QED) is 0.475. The average Bonchev–Trinajstić information content (AvgIpc) is 2.86. The Labute approximate surface area is 121 Å². The monoisotopic (exact) mass is 294 g/mol. The summed E-state index contributed by atoms with van der Waals surface area (Å²) in [4.78, 5) is 18.8. The topological polar surface area (TPSA) is 125 Å². The third kappa shape index (κ3) is 3.15. The van der Waals surface area contributed by atoms with Gasteiger partial charge in [0.2, 0.25) is 0 Å². The van der Waals surface area contributed by atoms with E-state index in [1.807, 2.05) is 13.8 Å². The number of nitrogens with zero attached hydrogens (tertiary/aromatic N) is 5. The normalized spacial score (nSPS) is 24.6. The van der Waals surface area contributed by atoms with Crippen LogP contribution < -0.4 is 11.0 Å². The van der Waals surface area contributed by atoms with Gasteiger partial charge in [0.15, 0.2) is 0 Å². The smallest absolute Gasteiger partial charge is 0.351 e. The van der Waals surface area contributed by atoms with Crippen molar-refractivity contribution in [1.29, 1.82) is 0 Å². The van der Waals surface area contributed by atoms with Crippen molar-refractivity contribution in [3.05, 3.63) is 32.7 Å². The molecule has 0 aromatic carbocycles. The Hall–Kier alpha value is -2.09. The van der Waals surface area contributed by atoms with Crippen LogP contribution in [-0.4, -0.2) is 40.0 Å². The van der Waals surface area contributed by atoms with Gasteiger partial charge in [0.05, 0.1) is 18.8 Å². The fraction of sp³-hybridized carbons (Fsp3) is 0.667. The van der Waals surface area contributed by atoms with Crippen LogP contribution in [0.2, 0.25) is 0 Å². The molecule has 1 aliphatic heterocycles. The van der Waals surface area contributed by atoms with Gasteiger partial charge >= 0.3 is 5.69 Å². The van der Waals surface area contributed by atoms with Gasteiger partial charge in [-0.2, -0.15) is 4.98 Å². The highest BCUT2D eigenvalue weighted by Gasteiger charge is 2.35. The van der Waals surface area contributed by atoms with E-state index in [1.165, 1.54) is 4.57 Å². The third-order valence-electron chi connectivity index (χ3n) is 3.37. The second-order valence-electron chi connectivity index (χ2n) is 4.81. The summed E-state index contributed by atoms with van der Waals surface area (Å²) in [6.45, 7) is 4.16. The zero-order valence-corrected chi connectivity index (χ0v) is 11.9. The molecule has 3 atom stereocenters. The van der Waals surface area contributed by atoms with Crippen molar-refractivity contribution >= 4 is 5.82 Å². The minimum Gasteiger partial charge on any atom is -0.394 e. The molecule has 1 aromatic heterocycles. The fourth-order valence-corrected chi connectivity index (χ4v) is 2.36. The lowest BCUT2D eigenvalue weighted by Crippen LogP contribution is -2.29. The molecule has 0 bridgehead atoms. The lowest BCUT2D eigenvalue weighted by atomic mass is 10.1. The van der Waals surface area contributed by atoms with Crippen molar-refractivity contribution < 1.29 is 9.84 Å². The van der Waals surface area contributed by atoms with Crippen molar-refractivity contribution in [2.75, 3.05) is 18.5 Å². The molecule has 0 saturated carbocycles. The Morgan fingerprint density at radius 2 is 2.48 bits per heavy atom. The first kappa shape index (κ1) is 15.3. The number of aliphatic hydroxyl groups is 1. The molecule has 9 heteroatoms. The van der Waals surface area contributed by atoms with Crippen LogP contribution in [-0.2, 0) is 4.74 Å². The largest absolute Gasteiger partial charge is 0.394 e. The molecular weight excluding hydrogens is 276 g/mol. The van der Waals surface area contributed by atoms with Gasteiger partial charge in [0.25, 0.3) is 0 Å². The molecular formula is C12H18N6O3. The third-order valence-corrected chi connectivity index (χ3v) is 3.37. The lowest BCUT2D eigenvalue weighted by molar-refractivity contribution is -0.0270. The second kappa shape index (κ2) is 6.57. The molecule has 0 spiro atoms. The van der Waals surface area contributed by atoms with E-state index in [2.05, 4.69) is 20.3 Å². The summed E-state index contributed by atoms with van der Waals surface area (Å²) in [6, 6.07) is -0.495. The minimum absolute atomic E-state index is 0.267. The molecule has 114 valence electrons. The number of ether oxygens (including phenoxy) is 1. The summed E-state index contributed by atoms with van der Waals surface area (Å²) in [7, 11) is 0. The van der Waals surface area contributed by atoms with Gasteiger partial charge < -0.3 is 15.2 Å². The summed E-state index contributed by atoms with van der Waals surface area (Å²) in [5, 5.41) is 15.9. The first-order valence-corrected chi connectivity index (χ1v) is 6.74. The van der Waals surface area contributed by atoms with Crippen molar-refractivity contribution in [1.82, 2.24) is 9.55 Å². The summed E-state index contributed by atoms with van der Waals surface area (Å²) in [6.07, 6.45) is 0.792. The van der Waals surface area contributed by atoms with Crippen LogP contribution in [0.5, 0.6) is 0 Å². The van der Waals surface area contributed by atoms with Crippen molar-refractivity contribution in [2.24, 2.45) is 5.11 Å². The van der Waals surface area contributed by atoms with Crippen LogP contribution in [0.3, 0.4) is 0 Å². The molecule has 1 aromatic rings. The minimum atomic E-state index is -0.605. The first-order valence-electron chi connectivity index (χ1n) is 6.74. The number of anilines is 1. The summed E-state index contributed by atoms with van der Waals surface area (Å²) < 4.78 is 6.95. The van der Waals surface area contributed by atoms with Crippen molar-refractivity contribution in [3.63, 3.8) is 0 Å². The Morgan fingerprint density at radius 3 is 3.10 bits per heavy atom. The van der Waals surface area contributed by atoms with E-state index in [0.717, 1.165) is 5.56 Å². The van der Waals surface area contributed by atoms with E-state index in [4.69, 9.17) is 10.3 Å².